The predicted molar refractivity (Wildman–Crippen MR) is 82.8 cm³/mol. The average Bonchev–Trinajstić information content (AvgIpc) is 2.80. The number of hydrogen-bond donors (Lipinski definition) is 0. The Morgan fingerprint density at radius 2 is 2.00 bits per heavy atom. The Morgan fingerprint density at radius 3 is 2.71 bits per heavy atom. The van der Waals surface area contributed by atoms with Crippen molar-refractivity contribution >= 4 is 11.9 Å². The maximum Gasteiger partial charge on any atom is 0.337 e. The zero-order chi connectivity index (χ0) is 17.3. The van der Waals surface area contributed by atoms with Gasteiger partial charge in [0, 0.05) is 0 Å². The van der Waals surface area contributed by atoms with Gasteiger partial charge < -0.3 is 18.9 Å². The van der Waals surface area contributed by atoms with Crippen molar-refractivity contribution in [3.63, 3.8) is 0 Å². The molecule has 3 atom stereocenters. The van der Waals surface area contributed by atoms with E-state index in [4.69, 9.17) is 18.9 Å². The lowest BCUT2D eigenvalue weighted by Gasteiger charge is -2.50. The second-order valence-electron chi connectivity index (χ2n) is 7.64. The van der Waals surface area contributed by atoms with Crippen molar-refractivity contribution in [3.05, 3.63) is 22.5 Å². The van der Waals surface area contributed by atoms with Crippen LogP contribution < -0.4 is 0 Å². The van der Waals surface area contributed by atoms with E-state index in [0.29, 0.717) is 24.5 Å². The van der Waals surface area contributed by atoms with E-state index in [0.717, 1.165) is 18.4 Å². The van der Waals surface area contributed by atoms with Gasteiger partial charge in [0.2, 0.25) is 0 Å². The molecular formula is C18H22O6. The number of rotatable bonds is 1. The highest BCUT2D eigenvalue weighted by Crippen LogP contribution is 2.63. The molecule has 0 aromatic rings. The van der Waals surface area contributed by atoms with Crippen LogP contribution in [0.4, 0.5) is 0 Å². The van der Waals surface area contributed by atoms with Gasteiger partial charge in [-0.15, -0.1) is 0 Å². The number of hydrogen-bond acceptors (Lipinski definition) is 6. The summed E-state index contributed by atoms with van der Waals surface area (Å²) in [4.78, 5) is 25.2. The molecular weight excluding hydrogens is 312 g/mol. The van der Waals surface area contributed by atoms with E-state index in [1.165, 1.54) is 7.11 Å². The lowest BCUT2D eigenvalue weighted by Crippen LogP contribution is -2.50. The topological polar surface area (TPSA) is 71.1 Å². The van der Waals surface area contributed by atoms with E-state index in [1.54, 1.807) is 0 Å². The van der Waals surface area contributed by atoms with Crippen LogP contribution >= 0.6 is 0 Å². The molecule has 0 radical (unpaired) electrons. The molecule has 2 heterocycles. The molecule has 3 fully saturated rings. The predicted octanol–water partition coefficient (Wildman–Crippen LogP) is 1.89. The molecule has 0 aromatic carbocycles. The Bertz CT molecular complexity index is 700. The van der Waals surface area contributed by atoms with Crippen molar-refractivity contribution in [2.24, 2.45) is 10.8 Å². The summed E-state index contributed by atoms with van der Waals surface area (Å²) in [6, 6.07) is 0. The maximum atomic E-state index is 12.7. The Hall–Kier alpha value is -1.82. The van der Waals surface area contributed by atoms with Crippen molar-refractivity contribution in [2.45, 2.75) is 45.8 Å². The van der Waals surface area contributed by atoms with Gasteiger partial charge in [-0.3, -0.25) is 0 Å². The molecule has 4 aliphatic rings. The lowest BCUT2D eigenvalue weighted by atomic mass is 9.54. The molecule has 6 heteroatoms. The minimum atomic E-state index is -0.687. The van der Waals surface area contributed by atoms with E-state index >= 15 is 0 Å². The van der Waals surface area contributed by atoms with Crippen LogP contribution in [0.3, 0.4) is 0 Å². The molecule has 0 spiro atoms. The van der Waals surface area contributed by atoms with Gasteiger partial charge in [0.05, 0.1) is 30.3 Å². The molecule has 2 aliphatic heterocycles. The highest BCUT2D eigenvalue weighted by molar-refractivity contribution is 6.05. The summed E-state index contributed by atoms with van der Waals surface area (Å²) in [6.07, 6.45) is 0.681. The van der Waals surface area contributed by atoms with Crippen molar-refractivity contribution < 1.29 is 28.5 Å². The smallest absolute Gasteiger partial charge is 0.337 e. The fourth-order valence-electron chi connectivity index (χ4n) is 4.95. The summed E-state index contributed by atoms with van der Waals surface area (Å²) in [7, 11) is 1.31. The van der Waals surface area contributed by atoms with E-state index in [9.17, 15) is 9.59 Å². The van der Waals surface area contributed by atoms with Gasteiger partial charge in [0.25, 0.3) is 0 Å². The van der Waals surface area contributed by atoms with Crippen LogP contribution in [0.2, 0.25) is 0 Å². The molecule has 130 valence electrons. The van der Waals surface area contributed by atoms with Crippen LogP contribution in [-0.4, -0.2) is 44.5 Å². The Kier molecular flexibility index (Phi) is 3.17. The molecule has 4 rings (SSSR count). The van der Waals surface area contributed by atoms with Gasteiger partial charge >= 0.3 is 11.9 Å². The zero-order valence-corrected chi connectivity index (χ0v) is 14.4. The van der Waals surface area contributed by atoms with Crippen LogP contribution in [0.15, 0.2) is 22.5 Å². The summed E-state index contributed by atoms with van der Waals surface area (Å²) in [5, 5.41) is 0. The molecule has 24 heavy (non-hydrogen) atoms. The summed E-state index contributed by atoms with van der Waals surface area (Å²) in [5.41, 5.74) is 0.824. The van der Waals surface area contributed by atoms with E-state index in [1.807, 2.05) is 6.92 Å². The third kappa shape index (κ3) is 1.75. The van der Waals surface area contributed by atoms with Crippen LogP contribution in [-0.2, 0) is 28.5 Å². The standard InChI is InChI=1S/C18H22O6/c1-17(2)6-5-9-18(3)11(16(20)24-9)10(15(19)21-4)12-13(14(17)18)23-8-7-22-12/h9,12H,5-8H2,1-4H3/t9-,12-,18+/m0/s1. The normalized spacial score (nSPS) is 36.6. The first-order valence-electron chi connectivity index (χ1n) is 8.36. The summed E-state index contributed by atoms with van der Waals surface area (Å²) in [5.74, 6) is -0.327. The van der Waals surface area contributed by atoms with Crippen LogP contribution in [0.25, 0.3) is 0 Å². The number of fused-ring (bicyclic) bond motifs is 1. The second kappa shape index (κ2) is 4.85. The molecule has 2 aliphatic carbocycles. The fraction of sp³-hybridized carbons (Fsp3) is 0.667. The molecule has 6 nitrogen and oxygen atoms in total. The van der Waals surface area contributed by atoms with Gasteiger partial charge in [0.15, 0.2) is 0 Å². The molecule has 0 aromatic heterocycles. The first kappa shape index (κ1) is 15.7. The van der Waals surface area contributed by atoms with E-state index in [-0.39, 0.29) is 17.1 Å². The highest BCUT2D eigenvalue weighted by Gasteiger charge is 2.64. The fourth-order valence-corrected chi connectivity index (χ4v) is 4.95. The van der Waals surface area contributed by atoms with E-state index in [2.05, 4.69) is 13.8 Å². The first-order valence-corrected chi connectivity index (χ1v) is 8.36. The Morgan fingerprint density at radius 1 is 1.25 bits per heavy atom. The first-order chi connectivity index (χ1) is 11.3. The molecule has 0 N–H and O–H groups in total. The van der Waals surface area contributed by atoms with Gasteiger partial charge in [-0.1, -0.05) is 13.8 Å². The number of ether oxygens (including phenoxy) is 4. The van der Waals surface area contributed by atoms with Crippen LogP contribution in [0, 0.1) is 10.8 Å². The minimum absolute atomic E-state index is 0.166. The van der Waals surface area contributed by atoms with Gasteiger partial charge in [-0.25, -0.2) is 9.59 Å². The lowest BCUT2D eigenvalue weighted by molar-refractivity contribution is -0.142. The SMILES string of the molecule is COC(=O)C1=C2C(=O)O[C@H]3CCC(C)(C)C(=C4OCCO[C@H]41)[C@@]23C. The largest absolute Gasteiger partial charge is 0.492 e. The number of methoxy groups -OCH3 is 1. The molecule has 0 amide bonds. The number of esters is 2. The summed E-state index contributed by atoms with van der Waals surface area (Å²) >= 11 is 0. The van der Waals surface area contributed by atoms with Gasteiger partial charge in [0.1, 0.15) is 24.6 Å². The molecule has 0 bridgehead atoms. The third-order valence-corrected chi connectivity index (χ3v) is 5.89. The van der Waals surface area contributed by atoms with Crippen molar-refractivity contribution in [3.8, 4) is 0 Å². The Labute approximate surface area is 140 Å². The number of carbonyl (C=O) groups is 2. The molecule has 0 unspecified atom stereocenters. The van der Waals surface area contributed by atoms with Crippen molar-refractivity contribution in [1.82, 2.24) is 0 Å². The summed E-state index contributed by atoms with van der Waals surface area (Å²) < 4.78 is 22.4. The molecule has 1 saturated carbocycles. The van der Waals surface area contributed by atoms with Crippen molar-refractivity contribution in [2.75, 3.05) is 20.3 Å². The van der Waals surface area contributed by atoms with E-state index < -0.39 is 23.5 Å². The molecule has 2 saturated heterocycles. The average molecular weight is 334 g/mol. The zero-order valence-electron chi connectivity index (χ0n) is 14.4. The van der Waals surface area contributed by atoms with Crippen LogP contribution in [0.1, 0.15) is 33.6 Å². The quantitative estimate of drug-likeness (QED) is 0.682. The minimum Gasteiger partial charge on any atom is -0.492 e. The highest BCUT2D eigenvalue weighted by atomic mass is 16.6. The van der Waals surface area contributed by atoms with Gasteiger partial charge in [-0.2, -0.15) is 0 Å². The summed E-state index contributed by atoms with van der Waals surface area (Å²) in [6.45, 7) is 7.08. The maximum absolute atomic E-state index is 12.7. The third-order valence-electron chi connectivity index (χ3n) is 5.89. The van der Waals surface area contributed by atoms with Crippen molar-refractivity contribution in [1.29, 1.82) is 0 Å². The monoisotopic (exact) mass is 334 g/mol. The second-order valence-corrected chi connectivity index (χ2v) is 7.64. The van der Waals surface area contributed by atoms with Gasteiger partial charge in [-0.05, 0) is 30.8 Å². The Balaban J connectivity index is 2.04. The van der Waals surface area contributed by atoms with Crippen LogP contribution in [0.5, 0.6) is 0 Å². The number of carbonyl (C=O) groups excluding carboxylic acids is 2.